The summed E-state index contributed by atoms with van der Waals surface area (Å²) in [6.45, 7) is 1.94. The third kappa shape index (κ3) is 2.16. The van der Waals surface area contributed by atoms with Crippen LogP contribution < -0.4 is 4.90 Å². The summed E-state index contributed by atoms with van der Waals surface area (Å²) in [5.74, 6) is -0.122. The van der Waals surface area contributed by atoms with Gasteiger partial charge in [0.2, 0.25) is 0 Å². The summed E-state index contributed by atoms with van der Waals surface area (Å²) in [5.41, 5.74) is 1.05. The minimum Gasteiger partial charge on any atom is -0.461 e. The third-order valence-electron chi connectivity index (χ3n) is 3.75. The summed E-state index contributed by atoms with van der Waals surface area (Å²) in [4.78, 5) is 13.8. The second kappa shape index (κ2) is 4.57. The molecule has 1 heterocycles. The first-order chi connectivity index (χ1) is 9.15. The number of fused-ring (bicyclic) bond motifs is 1. The number of carbonyl (C=O) groups excluding carboxylic acids is 1. The van der Waals surface area contributed by atoms with Crippen LogP contribution in [0.25, 0.3) is 10.8 Å². The lowest BCUT2D eigenvalue weighted by atomic mass is 10.1. The summed E-state index contributed by atoms with van der Waals surface area (Å²) >= 11 is 0. The topological polar surface area (TPSA) is 29.5 Å². The Morgan fingerprint density at radius 3 is 2.58 bits per heavy atom. The summed E-state index contributed by atoms with van der Waals surface area (Å²) in [6, 6.07) is 14.3. The van der Waals surface area contributed by atoms with Gasteiger partial charge in [0.1, 0.15) is 12.1 Å². The molecule has 1 fully saturated rings. The minimum atomic E-state index is -0.170. The van der Waals surface area contributed by atoms with Crippen LogP contribution in [0.3, 0.4) is 0 Å². The van der Waals surface area contributed by atoms with Gasteiger partial charge in [-0.15, -0.1) is 0 Å². The lowest BCUT2D eigenvalue weighted by Gasteiger charge is -2.24. The summed E-state index contributed by atoms with van der Waals surface area (Å²) in [6.07, 6.45) is 0.766. The van der Waals surface area contributed by atoms with Gasteiger partial charge in [-0.25, -0.2) is 4.79 Å². The van der Waals surface area contributed by atoms with Gasteiger partial charge in [-0.2, -0.15) is 0 Å². The van der Waals surface area contributed by atoms with Crippen molar-refractivity contribution in [3.05, 3.63) is 42.5 Å². The van der Waals surface area contributed by atoms with Gasteiger partial charge < -0.3 is 9.64 Å². The average Bonchev–Trinajstić information content (AvgIpc) is 2.76. The molecule has 1 saturated heterocycles. The molecule has 0 spiro atoms. The SMILES string of the molecule is CC1CC(N(C)c2ccc3ccccc3c2)C(=O)O1. The van der Waals surface area contributed by atoms with E-state index in [0.717, 1.165) is 12.1 Å². The molecular weight excluding hydrogens is 238 g/mol. The van der Waals surface area contributed by atoms with Gasteiger partial charge in [0.05, 0.1) is 0 Å². The van der Waals surface area contributed by atoms with Gasteiger partial charge in [0.15, 0.2) is 0 Å². The van der Waals surface area contributed by atoms with E-state index in [1.165, 1.54) is 10.8 Å². The molecule has 98 valence electrons. The highest BCUT2D eigenvalue weighted by atomic mass is 16.6. The molecule has 0 saturated carbocycles. The van der Waals surface area contributed by atoms with Crippen LogP contribution in [0.4, 0.5) is 5.69 Å². The van der Waals surface area contributed by atoms with Crippen molar-refractivity contribution in [1.82, 2.24) is 0 Å². The predicted molar refractivity (Wildman–Crippen MR) is 76.3 cm³/mol. The van der Waals surface area contributed by atoms with Crippen molar-refractivity contribution in [2.75, 3.05) is 11.9 Å². The van der Waals surface area contributed by atoms with Gasteiger partial charge in [-0.3, -0.25) is 0 Å². The number of anilines is 1. The minimum absolute atomic E-state index is 0.0143. The van der Waals surface area contributed by atoms with E-state index in [1.807, 2.05) is 31.0 Å². The molecule has 2 aromatic rings. The molecule has 0 aromatic heterocycles. The number of carbonyl (C=O) groups is 1. The number of hydrogen-bond donors (Lipinski definition) is 0. The van der Waals surface area contributed by atoms with Crippen molar-refractivity contribution in [3.63, 3.8) is 0 Å². The monoisotopic (exact) mass is 255 g/mol. The highest BCUT2D eigenvalue weighted by Crippen LogP contribution is 2.27. The zero-order valence-corrected chi connectivity index (χ0v) is 11.2. The van der Waals surface area contributed by atoms with Crippen LogP contribution in [0.15, 0.2) is 42.5 Å². The van der Waals surface area contributed by atoms with Crippen LogP contribution in [0.5, 0.6) is 0 Å². The largest absolute Gasteiger partial charge is 0.461 e. The van der Waals surface area contributed by atoms with Gasteiger partial charge in [0.25, 0.3) is 0 Å². The number of likely N-dealkylation sites (N-methyl/N-ethyl adjacent to an activating group) is 1. The zero-order valence-electron chi connectivity index (χ0n) is 11.2. The Balaban J connectivity index is 1.93. The maximum absolute atomic E-state index is 11.8. The number of benzene rings is 2. The van der Waals surface area contributed by atoms with Gasteiger partial charge in [-0.1, -0.05) is 30.3 Å². The second-order valence-corrected chi connectivity index (χ2v) is 5.14. The Bertz CT molecular complexity index is 623. The van der Waals surface area contributed by atoms with E-state index in [9.17, 15) is 4.79 Å². The van der Waals surface area contributed by atoms with Crippen molar-refractivity contribution < 1.29 is 9.53 Å². The number of esters is 1. The first-order valence-electron chi connectivity index (χ1n) is 6.57. The highest BCUT2D eigenvalue weighted by molar-refractivity contribution is 5.88. The predicted octanol–water partition coefficient (Wildman–Crippen LogP) is 2.98. The van der Waals surface area contributed by atoms with Crippen molar-refractivity contribution in [2.45, 2.75) is 25.5 Å². The number of hydrogen-bond acceptors (Lipinski definition) is 3. The number of rotatable bonds is 2. The molecule has 0 bridgehead atoms. The maximum atomic E-state index is 11.8. The van der Waals surface area contributed by atoms with E-state index in [1.54, 1.807) is 0 Å². The summed E-state index contributed by atoms with van der Waals surface area (Å²) < 4.78 is 5.22. The van der Waals surface area contributed by atoms with Crippen molar-refractivity contribution in [1.29, 1.82) is 0 Å². The Morgan fingerprint density at radius 1 is 1.16 bits per heavy atom. The molecule has 2 aromatic carbocycles. The fourth-order valence-electron chi connectivity index (χ4n) is 2.63. The smallest absolute Gasteiger partial charge is 0.329 e. The normalized spacial score (nSPS) is 22.5. The van der Waals surface area contributed by atoms with Gasteiger partial charge in [-0.05, 0) is 29.8 Å². The number of ether oxygens (including phenoxy) is 1. The Labute approximate surface area is 112 Å². The molecule has 3 nitrogen and oxygen atoms in total. The van der Waals surface area contributed by atoms with Crippen LogP contribution in [0.2, 0.25) is 0 Å². The quantitative estimate of drug-likeness (QED) is 0.773. The lowest BCUT2D eigenvalue weighted by Crippen LogP contribution is -2.35. The van der Waals surface area contributed by atoms with Crippen LogP contribution in [-0.2, 0) is 9.53 Å². The molecule has 0 N–H and O–H groups in total. The highest BCUT2D eigenvalue weighted by Gasteiger charge is 2.35. The average molecular weight is 255 g/mol. The fourth-order valence-corrected chi connectivity index (χ4v) is 2.63. The summed E-state index contributed by atoms with van der Waals surface area (Å²) in [7, 11) is 1.95. The van der Waals surface area contributed by atoms with Gasteiger partial charge in [0, 0.05) is 19.2 Å². The fraction of sp³-hybridized carbons (Fsp3) is 0.312. The van der Waals surface area contributed by atoms with E-state index in [-0.39, 0.29) is 18.1 Å². The molecular formula is C16H17NO2. The van der Waals surface area contributed by atoms with E-state index in [0.29, 0.717) is 0 Å². The summed E-state index contributed by atoms with van der Waals surface area (Å²) in [5, 5.41) is 2.40. The van der Waals surface area contributed by atoms with E-state index >= 15 is 0 Å². The number of cyclic esters (lactones) is 1. The van der Waals surface area contributed by atoms with Crippen molar-refractivity contribution in [2.24, 2.45) is 0 Å². The zero-order chi connectivity index (χ0) is 13.4. The third-order valence-corrected chi connectivity index (χ3v) is 3.75. The number of nitrogens with zero attached hydrogens (tertiary/aromatic N) is 1. The molecule has 0 radical (unpaired) electrons. The first-order valence-corrected chi connectivity index (χ1v) is 6.57. The molecule has 1 aliphatic heterocycles. The maximum Gasteiger partial charge on any atom is 0.329 e. The van der Waals surface area contributed by atoms with Crippen LogP contribution >= 0.6 is 0 Å². The van der Waals surface area contributed by atoms with Gasteiger partial charge >= 0.3 is 5.97 Å². The molecule has 0 amide bonds. The lowest BCUT2D eigenvalue weighted by molar-refractivity contribution is -0.141. The molecule has 19 heavy (non-hydrogen) atoms. The molecule has 1 aliphatic rings. The second-order valence-electron chi connectivity index (χ2n) is 5.14. The molecule has 0 aliphatic carbocycles. The molecule has 3 heteroatoms. The Kier molecular flexibility index (Phi) is 2.90. The first kappa shape index (κ1) is 12.0. The van der Waals surface area contributed by atoms with E-state index in [4.69, 9.17) is 4.74 Å². The van der Waals surface area contributed by atoms with Crippen LogP contribution in [0.1, 0.15) is 13.3 Å². The Hall–Kier alpha value is -2.03. The Morgan fingerprint density at radius 2 is 1.89 bits per heavy atom. The van der Waals surface area contributed by atoms with Crippen LogP contribution in [0, 0.1) is 0 Å². The van der Waals surface area contributed by atoms with Crippen LogP contribution in [-0.4, -0.2) is 25.2 Å². The van der Waals surface area contributed by atoms with Crippen molar-refractivity contribution in [3.8, 4) is 0 Å². The molecule has 3 rings (SSSR count). The molecule has 2 atom stereocenters. The molecule has 2 unspecified atom stereocenters. The van der Waals surface area contributed by atoms with Crippen molar-refractivity contribution >= 4 is 22.4 Å². The van der Waals surface area contributed by atoms with E-state index in [2.05, 4.69) is 30.3 Å². The van der Waals surface area contributed by atoms with E-state index < -0.39 is 0 Å². The standard InChI is InChI=1S/C16H17NO2/c1-11-9-15(16(18)19-11)17(2)14-8-7-12-5-3-4-6-13(12)10-14/h3-8,10-11,15H,9H2,1-2H3.